The van der Waals surface area contributed by atoms with Gasteiger partial charge >= 0.3 is 5.97 Å². The molecule has 0 spiro atoms. The highest BCUT2D eigenvalue weighted by Gasteiger charge is 2.31. The van der Waals surface area contributed by atoms with Gasteiger partial charge in [-0.25, -0.2) is 8.42 Å². The standard InChI is InChI=1S/C19H21ClN2O5S2/c1-21(29(25,26)15-8-6-14(20)7-9-15)12-19(24)27-13-18(23)22-10-2-4-16(22)17-5-3-11-28-17/h3,5-9,11,16H,2,4,10,12-13H2,1H3. The number of sulfonamides is 1. The van der Waals surface area contributed by atoms with Gasteiger partial charge in [0.25, 0.3) is 5.91 Å². The molecule has 1 aliphatic heterocycles. The van der Waals surface area contributed by atoms with Crippen LogP contribution in [0.2, 0.25) is 5.02 Å². The van der Waals surface area contributed by atoms with Gasteiger partial charge in [-0.05, 0) is 48.6 Å². The Bertz CT molecular complexity index is 961. The van der Waals surface area contributed by atoms with Crippen LogP contribution < -0.4 is 0 Å². The number of nitrogens with zero attached hydrogens (tertiary/aromatic N) is 2. The van der Waals surface area contributed by atoms with Crippen LogP contribution in [-0.4, -0.2) is 56.2 Å². The van der Waals surface area contributed by atoms with Gasteiger partial charge in [-0.1, -0.05) is 17.7 Å². The minimum absolute atomic E-state index is 0.00848. The topological polar surface area (TPSA) is 84.0 Å². The monoisotopic (exact) mass is 456 g/mol. The van der Waals surface area contributed by atoms with Crippen molar-refractivity contribution in [3.8, 4) is 0 Å². The minimum atomic E-state index is -3.86. The molecule has 1 unspecified atom stereocenters. The molecule has 1 aliphatic rings. The molecule has 0 saturated carbocycles. The zero-order valence-electron chi connectivity index (χ0n) is 15.8. The van der Waals surface area contributed by atoms with Gasteiger partial charge in [0.1, 0.15) is 6.54 Å². The van der Waals surface area contributed by atoms with Crippen LogP contribution in [0.1, 0.15) is 23.8 Å². The third-order valence-corrected chi connectivity index (χ3v) is 7.72. The molecule has 0 bridgehead atoms. The maximum atomic E-state index is 12.5. The van der Waals surface area contributed by atoms with Crippen molar-refractivity contribution in [3.05, 3.63) is 51.7 Å². The second kappa shape index (κ2) is 9.25. The fourth-order valence-electron chi connectivity index (χ4n) is 3.17. The lowest BCUT2D eigenvalue weighted by Gasteiger charge is -2.24. The summed E-state index contributed by atoms with van der Waals surface area (Å²) in [7, 11) is -2.59. The number of carbonyl (C=O) groups excluding carboxylic acids is 2. The highest BCUT2D eigenvalue weighted by Crippen LogP contribution is 2.34. The molecule has 1 atom stereocenters. The van der Waals surface area contributed by atoms with Crippen LogP contribution in [0.15, 0.2) is 46.7 Å². The van der Waals surface area contributed by atoms with Gasteiger partial charge in [-0.2, -0.15) is 4.31 Å². The summed E-state index contributed by atoms with van der Waals surface area (Å²) in [6, 6.07) is 9.58. The zero-order valence-corrected chi connectivity index (χ0v) is 18.2. The maximum Gasteiger partial charge on any atom is 0.321 e. The van der Waals surface area contributed by atoms with Crippen LogP contribution in [0.25, 0.3) is 0 Å². The largest absolute Gasteiger partial charge is 0.455 e. The molecule has 1 aromatic heterocycles. The molecule has 1 saturated heterocycles. The second-order valence-corrected chi connectivity index (χ2v) is 10.1. The van der Waals surface area contributed by atoms with Crippen molar-refractivity contribution in [2.24, 2.45) is 0 Å². The molecule has 0 N–H and O–H groups in total. The zero-order chi connectivity index (χ0) is 21.0. The number of esters is 1. The number of likely N-dealkylation sites (N-methyl/N-ethyl adjacent to an activating group) is 1. The van der Waals surface area contributed by atoms with E-state index in [-0.39, 0.29) is 16.8 Å². The van der Waals surface area contributed by atoms with E-state index in [4.69, 9.17) is 16.3 Å². The fourth-order valence-corrected chi connectivity index (χ4v) is 5.28. The van der Waals surface area contributed by atoms with Crippen molar-refractivity contribution in [1.29, 1.82) is 0 Å². The Morgan fingerprint density at radius 1 is 1.28 bits per heavy atom. The van der Waals surface area contributed by atoms with Crippen molar-refractivity contribution < 1.29 is 22.7 Å². The predicted octanol–water partition coefficient (Wildman–Crippen LogP) is 2.93. The molecule has 1 fully saturated rings. The first-order valence-electron chi connectivity index (χ1n) is 8.99. The first-order valence-corrected chi connectivity index (χ1v) is 11.7. The molecule has 3 rings (SSSR count). The Morgan fingerprint density at radius 2 is 2.00 bits per heavy atom. The molecule has 1 amide bonds. The smallest absolute Gasteiger partial charge is 0.321 e. The van der Waals surface area contributed by atoms with Crippen LogP contribution in [0.5, 0.6) is 0 Å². The number of halogens is 1. The summed E-state index contributed by atoms with van der Waals surface area (Å²) in [6.45, 7) is -0.286. The molecule has 1 aromatic carbocycles. The van der Waals surface area contributed by atoms with E-state index in [2.05, 4.69) is 0 Å². The van der Waals surface area contributed by atoms with E-state index in [1.165, 1.54) is 31.3 Å². The number of thiophene rings is 1. The van der Waals surface area contributed by atoms with Crippen molar-refractivity contribution in [2.75, 3.05) is 26.7 Å². The lowest BCUT2D eigenvalue weighted by atomic mass is 10.2. The van der Waals surface area contributed by atoms with Crippen LogP contribution in [0.3, 0.4) is 0 Å². The Kier molecular flexibility index (Phi) is 6.94. The van der Waals surface area contributed by atoms with E-state index >= 15 is 0 Å². The first kappa shape index (κ1) is 21.8. The highest BCUT2D eigenvalue weighted by atomic mass is 35.5. The van der Waals surface area contributed by atoms with Gasteiger partial charge in [-0.15, -0.1) is 11.3 Å². The van der Waals surface area contributed by atoms with E-state index in [9.17, 15) is 18.0 Å². The van der Waals surface area contributed by atoms with Crippen molar-refractivity contribution in [1.82, 2.24) is 9.21 Å². The Hall–Kier alpha value is -1.94. The van der Waals surface area contributed by atoms with Crippen molar-refractivity contribution in [3.63, 3.8) is 0 Å². The van der Waals surface area contributed by atoms with Crippen LogP contribution >= 0.6 is 22.9 Å². The van der Waals surface area contributed by atoms with Gasteiger partial charge in [0, 0.05) is 23.5 Å². The van der Waals surface area contributed by atoms with Gasteiger partial charge in [-0.3, -0.25) is 9.59 Å². The number of ether oxygens (including phenoxy) is 1. The maximum absolute atomic E-state index is 12.5. The summed E-state index contributed by atoms with van der Waals surface area (Å²) < 4.78 is 30.9. The Morgan fingerprint density at radius 3 is 2.66 bits per heavy atom. The molecule has 29 heavy (non-hydrogen) atoms. The third kappa shape index (κ3) is 5.16. The summed E-state index contributed by atoms with van der Waals surface area (Å²) in [5, 5.41) is 2.38. The van der Waals surface area contributed by atoms with Gasteiger partial charge < -0.3 is 9.64 Å². The molecule has 2 aromatic rings. The number of hydrogen-bond donors (Lipinski definition) is 0. The first-order chi connectivity index (χ1) is 13.8. The van der Waals surface area contributed by atoms with Gasteiger partial charge in [0.15, 0.2) is 6.61 Å². The normalized spacial score (nSPS) is 16.9. The number of carbonyl (C=O) groups is 2. The SMILES string of the molecule is CN(CC(=O)OCC(=O)N1CCCC1c1cccs1)S(=O)(=O)c1ccc(Cl)cc1. The van der Waals surface area contributed by atoms with Crippen LogP contribution in [0, 0.1) is 0 Å². The van der Waals surface area contributed by atoms with E-state index in [1.807, 2.05) is 17.5 Å². The average molecular weight is 457 g/mol. The molecule has 7 nitrogen and oxygen atoms in total. The third-order valence-electron chi connectivity index (χ3n) is 4.67. The van der Waals surface area contributed by atoms with E-state index < -0.39 is 29.1 Å². The number of benzene rings is 1. The van der Waals surface area contributed by atoms with Crippen molar-refractivity contribution >= 4 is 44.8 Å². The van der Waals surface area contributed by atoms with Crippen molar-refractivity contribution in [2.45, 2.75) is 23.8 Å². The lowest BCUT2D eigenvalue weighted by molar-refractivity contribution is -0.152. The minimum Gasteiger partial charge on any atom is -0.455 e. The molecule has 2 heterocycles. The molecule has 0 radical (unpaired) electrons. The highest BCUT2D eigenvalue weighted by molar-refractivity contribution is 7.89. The summed E-state index contributed by atoms with van der Waals surface area (Å²) >= 11 is 7.37. The summed E-state index contributed by atoms with van der Waals surface area (Å²) in [4.78, 5) is 27.4. The molecular formula is C19H21ClN2O5S2. The fraction of sp³-hybridized carbons (Fsp3) is 0.368. The number of rotatable bonds is 7. The summed E-state index contributed by atoms with van der Waals surface area (Å²) in [5.74, 6) is -1.07. The lowest BCUT2D eigenvalue weighted by Crippen LogP contribution is -2.37. The second-order valence-electron chi connectivity index (χ2n) is 6.64. The average Bonchev–Trinajstić information content (AvgIpc) is 3.37. The van der Waals surface area contributed by atoms with E-state index in [1.54, 1.807) is 16.2 Å². The molecule has 10 heteroatoms. The number of amides is 1. The molecule has 0 aliphatic carbocycles. The predicted molar refractivity (Wildman–Crippen MR) is 110 cm³/mol. The number of likely N-dealkylation sites (tertiary alicyclic amines) is 1. The Balaban J connectivity index is 1.54. The molecule has 156 valence electrons. The van der Waals surface area contributed by atoms with E-state index in [0.717, 1.165) is 22.0 Å². The van der Waals surface area contributed by atoms with E-state index in [0.29, 0.717) is 11.6 Å². The molecular weight excluding hydrogens is 436 g/mol. The number of hydrogen-bond acceptors (Lipinski definition) is 6. The van der Waals surface area contributed by atoms with Gasteiger partial charge in [0.2, 0.25) is 10.0 Å². The summed E-state index contributed by atoms with van der Waals surface area (Å²) in [5.41, 5.74) is 0. The van der Waals surface area contributed by atoms with Crippen LogP contribution in [0.4, 0.5) is 0 Å². The quantitative estimate of drug-likeness (QED) is 0.598. The Labute approximate surface area is 178 Å². The summed E-state index contributed by atoms with van der Waals surface area (Å²) in [6.07, 6.45) is 1.77. The van der Waals surface area contributed by atoms with Crippen LogP contribution in [-0.2, 0) is 24.3 Å². The van der Waals surface area contributed by atoms with Gasteiger partial charge in [0.05, 0.1) is 10.9 Å².